The number of amides is 4. The summed E-state index contributed by atoms with van der Waals surface area (Å²) in [6, 6.07) is 3.78. The monoisotopic (exact) mass is 733 g/mol. The molecule has 1 aromatic carbocycles. The highest BCUT2D eigenvalue weighted by molar-refractivity contribution is 7.91. The third-order valence-corrected chi connectivity index (χ3v) is 11.3. The minimum absolute atomic E-state index is 0.00958. The van der Waals surface area contributed by atoms with E-state index in [9.17, 15) is 40.8 Å². The number of halogens is 3. The zero-order chi connectivity index (χ0) is 36.6. The number of nitrogens with zero attached hydrogens (tertiary/aromatic N) is 2. The molecule has 51 heavy (non-hydrogen) atoms. The van der Waals surface area contributed by atoms with E-state index in [0.717, 1.165) is 15.8 Å². The molecular weight excluding hydrogens is 695 g/mol. The van der Waals surface area contributed by atoms with Gasteiger partial charge in [0, 0.05) is 23.9 Å². The van der Waals surface area contributed by atoms with Gasteiger partial charge in [-0.1, -0.05) is 30.4 Å². The van der Waals surface area contributed by atoms with Gasteiger partial charge in [-0.05, 0) is 61.6 Å². The van der Waals surface area contributed by atoms with Gasteiger partial charge in [-0.15, -0.1) is 6.58 Å². The van der Waals surface area contributed by atoms with Crippen LogP contribution >= 0.6 is 0 Å². The normalized spacial score (nSPS) is 27.9. The highest BCUT2D eigenvalue weighted by Gasteiger charge is 2.62. The fourth-order valence-corrected chi connectivity index (χ4v) is 7.84. The van der Waals surface area contributed by atoms with Crippen LogP contribution in [0.3, 0.4) is 0 Å². The van der Waals surface area contributed by atoms with E-state index < -0.39 is 81.3 Å². The van der Waals surface area contributed by atoms with Crippen LogP contribution in [0.25, 0.3) is 16.8 Å². The van der Waals surface area contributed by atoms with E-state index in [0.29, 0.717) is 37.5 Å². The van der Waals surface area contributed by atoms with Crippen LogP contribution in [0.4, 0.5) is 18.0 Å². The average molecular weight is 734 g/mol. The van der Waals surface area contributed by atoms with Crippen molar-refractivity contribution >= 4 is 50.7 Å². The first-order valence-corrected chi connectivity index (χ1v) is 18.3. The van der Waals surface area contributed by atoms with Gasteiger partial charge in [0.25, 0.3) is 5.91 Å². The van der Waals surface area contributed by atoms with Gasteiger partial charge in [-0.3, -0.25) is 19.1 Å². The zero-order valence-electron chi connectivity index (χ0n) is 27.5. The summed E-state index contributed by atoms with van der Waals surface area (Å²) in [5.74, 6) is -3.61. The van der Waals surface area contributed by atoms with Crippen LogP contribution in [0, 0.1) is 5.92 Å². The molecule has 3 N–H and O–H groups in total. The van der Waals surface area contributed by atoms with Crippen molar-refractivity contribution in [2.24, 2.45) is 5.92 Å². The number of allylic oxidation sites excluding steroid dienone is 1. The lowest BCUT2D eigenvalue weighted by molar-refractivity contribution is -0.155. The maximum Gasteiger partial charge on any atom is 0.407 e. The Kier molecular flexibility index (Phi) is 10.0. The third kappa shape index (κ3) is 8.29. The standard InChI is InChI=1S/C34H38F3N5O8S/c1-2-22-17-33(22,31(45)41-51(47,48)24-10-11-24)40-28(43)27-16-23-19-42(27)30(44)26(18-34(35,36)37)39-32(46)49-14-6-4-3-5-7-20-8-9-21-12-13-38-29(50-23)25(21)15-20/h2,5,7-9,12-13,15,22-24,26-27H,1,3-4,6,10-11,14,16-19H2,(H,39,46)(H,40,43)(H,41,45)/b7-5-/t22-,23-,26+,27+,33?/m1/s1. The van der Waals surface area contributed by atoms with E-state index in [1.165, 1.54) is 12.3 Å². The summed E-state index contributed by atoms with van der Waals surface area (Å²) >= 11 is 0. The second-order valence-corrected chi connectivity index (χ2v) is 15.3. The molecule has 3 heterocycles. The van der Waals surface area contributed by atoms with Crippen molar-refractivity contribution in [2.45, 2.75) is 86.5 Å². The van der Waals surface area contributed by atoms with Gasteiger partial charge >= 0.3 is 12.3 Å². The van der Waals surface area contributed by atoms with Crippen molar-refractivity contribution in [2.75, 3.05) is 13.2 Å². The van der Waals surface area contributed by atoms with Crippen LogP contribution in [-0.4, -0.2) is 90.4 Å². The van der Waals surface area contributed by atoms with Gasteiger partial charge in [0.1, 0.15) is 23.7 Å². The number of cyclic esters (lactones) is 1. The molecule has 4 amide bonds. The van der Waals surface area contributed by atoms with Crippen molar-refractivity contribution in [1.82, 2.24) is 25.2 Å². The van der Waals surface area contributed by atoms with E-state index in [-0.39, 0.29) is 31.9 Å². The molecule has 0 radical (unpaired) electrons. The molecule has 2 aliphatic carbocycles. The van der Waals surface area contributed by atoms with Crippen LogP contribution in [0.2, 0.25) is 0 Å². The Labute approximate surface area is 292 Å². The fourth-order valence-electron chi connectivity index (χ4n) is 6.47. The molecule has 17 heteroatoms. The number of nitrogens with one attached hydrogen (secondary N) is 3. The molecule has 1 unspecified atom stereocenters. The number of hydrogen-bond donors (Lipinski definition) is 3. The van der Waals surface area contributed by atoms with E-state index in [1.54, 1.807) is 6.07 Å². The number of pyridine rings is 1. The number of sulfonamides is 1. The number of fused-ring (bicyclic) bond motifs is 3. The van der Waals surface area contributed by atoms with Crippen molar-refractivity contribution in [3.8, 4) is 5.88 Å². The molecule has 5 atom stereocenters. The number of aromatic nitrogens is 1. The van der Waals surface area contributed by atoms with Crippen molar-refractivity contribution in [3.63, 3.8) is 0 Å². The maximum atomic E-state index is 14.0. The molecular formula is C34H38F3N5O8S. The highest BCUT2D eigenvalue weighted by atomic mass is 32.2. The zero-order valence-corrected chi connectivity index (χ0v) is 28.3. The SMILES string of the molecule is C=C[C@@H]1CC1(NC(=O)[C@@H]1C[C@@H]2CN1C(=O)[C@H](CC(F)(F)F)NC(=O)OCCCC/C=C\c1ccc3ccnc(c3c1)O2)C(=O)NS(=O)(=O)C1CC1. The first-order chi connectivity index (χ1) is 24.2. The smallest absolute Gasteiger partial charge is 0.407 e. The van der Waals surface area contributed by atoms with Crippen LogP contribution in [0.15, 0.2) is 49.2 Å². The molecule has 13 nitrogen and oxygen atoms in total. The predicted octanol–water partition coefficient (Wildman–Crippen LogP) is 3.50. The van der Waals surface area contributed by atoms with Crippen LogP contribution in [-0.2, 0) is 29.1 Å². The lowest BCUT2D eigenvalue weighted by atomic mass is 10.1. The molecule has 1 saturated heterocycles. The van der Waals surface area contributed by atoms with Gasteiger partial charge < -0.3 is 25.0 Å². The molecule has 2 aromatic rings. The minimum atomic E-state index is -4.90. The molecule has 0 spiro atoms. The van der Waals surface area contributed by atoms with E-state index in [1.807, 2.05) is 40.4 Å². The second-order valence-electron chi connectivity index (χ2n) is 13.3. The summed E-state index contributed by atoms with van der Waals surface area (Å²) in [7, 11) is -3.99. The van der Waals surface area contributed by atoms with Gasteiger partial charge in [0.2, 0.25) is 27.7 Å². The van der Waals surface area contributed by atoms with Crippen molar-refractivity contribution in [1.29, 1.82) is 0 Å². The fraction of sp³-hybridized carbons (Fsp3) is 0.500. The minimum Gasteiger partial charge on any atom is -0.472 e. The number of carbonyl (C=O) groups is 4. The topological polar surface area (TPSA) is 173 Å². The van der Waals surface area contributed by atoms with Crippen molar-refractivity contribution < 1.29 is 50.2 Å². The summed E-state index contributed by atoms with van der Waals surface area (Å²) in [5, 5.41) is 5.29. The summed E-state index contributed by atoms with van der Waals surface area (Å²) in [4.78, 5) is 59.1. The first-order valence-electron chi connectivity index (χ1n) is 16.7. The van der Waals surface area contributed by atoms with Gasteiger partial charge in [0.05, 0.1) is 24.8 Å². The second kappa shape index (κ2) is 14.2. The van der Waals surface area contributed by atoms with Crippen LogP contribution < -0.4 is 20.1 Å². The quantitative estimate of drug-likeness (QED) is 0.360. The van der Waals surface area contributed by atoms with E-state index >= 15 is 0 Å². The first kappa shape index (κ1) is 36.1. The molecule has 2 aliphatic heterocycles. The maximum absolute atomic E-state index is 14.0. The Bertz CT molecular complexity index is 1870. The van der Waals surface area contributed by atoms with Gasteiger partial charge in [-0.2, -0.15) is 13.2 Å². The lowest BCUT2D eigenvalue weighted by Crippen LogP contribution is -2.58. The lowest BCUT2D eigenvalue weighted by Gasteiger charge is -2.30. The van der Waals surface area contributed by atoms with Crippen LogP contribution in [0.1, 0.15) is 56.9 Å². The van der Waals surface area contributed by atoms with Crippen LogP contribution in [0.5, 0.6) is 5.88 Å². The Hall–Kier alpha value is -4.67. The van der Waals surface area contributed by atoms with E-state index in [4.69, 9.17) is 9.47 Å². The summed E-state index contributed by atoms with van der Waals surface area (Å²) in [6.07, 6.45) is 0.131. The summed E-state index contributed by atoms with van der Waals surface area (Å²) in [6.45, 7) is 3.19. The number of rotatable bonds is 7. The Morgan fingerprint density at radius 3 is 2.67 bits per heavy atom. The van der Waals surface area contributed by atoms with Gasteiger partial charge in [0.15, 0.2) is 0 Å². The number of hydrogen-bond acceptors (Lipinski definition) is 9. The molecule has 1 aromatic heterocycles. The predicted molar refractivity (Wildman–Crippen MR) is 177 cm³/mol. The average Bonchev–Trinajstić information content (AvgIpc) is 3.99. The Morgan fingerprint density at radius 2 is 1.96 bits per heavy atom. The Morgan fingerprint density at radius 1 is 1.18 bits per heavy atom. The highest BCUT2D eigenvalue weighted by Crippen LogP contribution is 2.45. The largest absolute Gasteiger partial charge is 0.472 e. The summed E-state index contributed by atoms with van der Waals surface area (Å²) < 4.78 is 79.9. The number of alkyl halides is 3. The third-order valence-electron chi connectivity index (χ3n) is 9.46. The van der Waals surface area contributed by atoms with E-state index in [2.05, 4.69) is 16.9 Å². The number of alkyl carbamates (subject to hydrolysis) is 1. The molecule has 2 saturated carbocycles. The molecule has 4 aliphatic rings. The number of ether oxygens (including phenoxy) is 2. The molecule has 3 fully saturated rings. The molecule has 274 valence electrons. The number of carbonyl (C=O) groups excluding carboxylic acids is 4. The molecule has 6 rings (SSSR count). The summed E-state index contributed by atoms with van der Waals surface area (Å²) in [5.41, 5.74) is -0.869. The Balaban J connectivity index is 1.33. The van der Waals surface area contributed by atoms with Gasteiger partial charge in [-0.25, -0.2) is 18.2 Å². The van der Waals surface area contributed by atoms with Crippen molar-refractivity contribution in [3.05, 3.63) is 54.8 Å². The number of benzene rings is 1. The molecule has 4 bridgehead atoms.